The number of H-pyrrole nitrogens is 2. The van der Waals surface area contributed by atoms with Crippen LogP contribution in [0.2, 0.25) is 0 Å². The second-order valence-corrected chi connectivity index (χ2v) is 5.22. The summed E-state index contributed by atoms with van der Waals surface area (Å²) in [6.07, 6.45) is 0.575. The average Bonchev–Trinajstić information content (AvgIpc) is 2.93. The first kappa shape index (κ1) is 14.7. The number of carbonyl (C=O) groups is 1. The van der Waals surface area contributed by atoms with Crippen molar-refractivity contribution in [2.45, 2.75) is 13.0 Å². The van der Waals surface area contributed by atoms with Gasteiger partial charge in [-0.25, -0.2) is 9.89 Å². The molecule has 1 aromatic rings. The highest BCUT2D eigenvalue weighted by Gasteiger charge is 2.29. The fourth-order valence-corrected chi connectivity index (χ4v) is 2.53. The van der Waals surface area contributed by atoms with E-state index >= 15 is 0 Å². The Bertz CT molecular complexity index is 497. The van der Waals surface area contributed by atoms with Crippen LogP contribution in [0.3, 0.4) is 0 Å². The Hall–Kier alpha value is -1.67. The predicted molar refractivity (Wildman–Crippen MR) is 72.1 cm³/mol. The molecule has 8 heteroatoms. The van der Waals surface area contributed by atoms with Crippen LogP contribution in [-0.2, 0) is 16.1 Å². The molecule has 0 unspecified atom stereocenters. The van der Waals surface area contributed by atoms with Crippen molar-refractivity contribution in [2.75, 3.05) is 40.4 Å². The summed E-state index contributed by atoms with van der Waals surface area (Å²) in [5.41, 5.74) is -0.296. The number of hydrogen-bond acceptors (Lipinski definition) is 5. The molecule has 0 spiro atoms. The van der Waals surface area contributed by atoms with Crippen molar-refractivity contribution < 1.29 is 9.53 Å². The molecule has 0 aliphatic carbocycles. The first-order valence-corrected chi connectivity index (χ1v) is 6.67. The molecule has 1 aromatic heterocycles. The summed E-state index contributed by atoms with van der Waals surface area (Å²) in [6, 6.07) is 0. The number of hydrogen-bond donors (Lipinski definition) is 2. The van der Waals surface area contributed by atoms with Crippen LogP contribution in [0.1, 0.15) is 12.2 Å². The number of likely N-dealkylation sites (tertiary alicyclic amines) is 1. The fraction of sp³-hybridized carbons (Fsp3) is 0.750. The van der Waals surface area contributed by atoms with Crippen molar-refractivity contribution in [1.29, 1.82) is 0 Å². The van der Waals surface area contributed by atoms with Gasteiger partial charge in [-0.3, -0.25) is 14.7 Å². The standard InChI is InChI=1S/C12H21N5O3/c1-16(8-10-13-12(19)15-14-10)6-9-5-11(18)17(7-9)3-4-20-2/h9H,3-8H2,1-2H3,(H2,13,14,15,19)/t9-/m0/s1. The number of amides is 1. The minimum absolute atomic E-state index is 0.189. The Morgan fingerprint density at radius 2 is 2.30 bits per heavy atom. The minimum atomic E-state index is -0.296. The van der Waals surface area contributed by atoms with Crippen LogP contribution >= 0.6 is 0 Å². The van der Waals surface area contributed by atoms with Crippen molar-refractivity contribution in [3.8, 4) is 0 Å². The summed E-state index contributed by atoms with van der Waals surface area (Å²) in [6.45, 7) is 3.35. The molecule has 2 rings (SSSR count). The zero-order valence-corrected chi connectivity index (χ0v) is 11.9. The molecular formula is C12H21N5O3. The van der Waals surface area contributed by atoms with Gasteiger partial charge in [0.1, 0.15) is 5.82 Å². The molecule has 1 atom stereocenters. The molecule has 1 amide bonds. The van der Waals surface area contributed by atoms with Gasteiger partial charge in [0.25, 0.3) is 0 Å². The van der Waals surface area contributed by atoms with E-state index in [1.54, 1.807) is 7.11 Å². The fourth-order valence-electron chi connectivity index (χ4n) is 2.53. The molecular weight excluding hydrogens is 262 g/mol. The first-order valence-electron chi connectivity index (χ1n) is 6.67. The van der Waals surface area contributed by atoms with Crippen LogP contribution in [-0.4, -0.2) is 71.3 Å². The number of aromatic amines is 2. The highest BCUT2D eigenvalue weighted by atomic mass is 16.5. The summed E-state index contributed by atoms with van der Waals surface area (Å²) in [7, 11) is 3.59. The van der Waals surface area contributed by atoms with Crippen molar-refractivity contribution in [2.24, 2.45) is 5.92 Å². The molecule has 2 N–H and O–H groups in total. The predicted octanol–water partition coefficient (Wildman–Crippen LogP) is -0.975. The maximum absolute atomic E-state index is 11.8. The van der Waals surface area contributed by atoms with E-state index in [0.29, 0.717) is 37.9 Å². The largest absolute Gasteiger partial charge is 0.383 e. The van der Waals surface area contributed by atoms with Gasteiger partial charge in [-0.05, 0) is 13.0 Å². The van der Waals surface area contributed by atoms with Gasteiger partial charge in [0.15, 0.2) is 0 Å². The van der Waals surface area contributed by atoms with Gasteiger partial charge in [-0.15, -0.1) is 0 Å². The molecule has 0 saturated carbocycles. The molecule has 112 valence electrons. The second kappa shape index (κ2) is 6.67. The summed E-state index contributed by atoms with van der Waals surface area (Å²) in [4.78, 5) is 29.3. The number of nitrogens with zero attached hydrogens (tertiary/aromatic N) is 3. The molecule has 0 radical (unpaired) electrons. The molecule has 2 heterocycles. The van der Waals surface area contributed by atoms with Crippen LogP contribution in [0.5, 0.6) is 0 Å². The Morgan fingerprint density at radius 3 is 2.95 bits per heavy atom. The molecule has 1 saturated heterocycles. The molecule has 1 aliphatic rings. The molecule has 1 fully saturated rings. The number of methoxy groups -OCH3 is 1. The molecule has 20 heavy (non-hydrogen) atoms. The summed E-state index contributed by atoms with van der Waals surface area (Å²) in [5, 5.41) is 6.21. The van der Waals surface area contributed by atoms with E-state index in [2.05, 4.69) is 20.1 Å². The Kier molecular flexibility index (Phi) is 4.91. The number of rotatable bonds is 7. The van der Waals surface area contributed by atoms with E-state index in [-0.39, 0.29) is 11.6 Å². The number of carbonyl (C=O) groups excluding carboxylic acids is 1. The SMILES string of the molecule is COCCN1C[C@H](CN(C)Cc2n[nH]c(=O)[nH]2)CC1=O. The lowest BCUT2D eigenvalue weighted by Gasteiger charge is -2.20. The topological polar surface area (TPSA) is 94.3 Å². The quantitative estimate of drug-likeness (QED) is 0.671. The van der Waals surface area contributed by atoms with Crippen molar-refractivity contribution in [1.82, 2.24) is 25.0 Å². The van der Waals surface area contributed by atoms with Crippen LogP contribution in [0.4, 0.5) is 0 Å². The third kappa shape index (κ3) is 3.91. The summed E-state index contributed by atoms with van der Waals surface area (Å²) in [5.74, 6) is 1.11. The second-order valence-electron chi connectivity index (χ2n) is 5.22. The van der Waals surface area contributed by atoms with Crippen LogP contribution in [0.15, 0.2) is 4.79 Å². The molecule has 1 aliphatic heterocycles. The highest BCUT2D eigenvalue weighted by molar-refractivity contribution is 5.78. The lowest BCUT2D eigenvalue weighted by molar-refractivity contribution is -0.128. The number of ether oxygens (including phenoxy) is 1. The van der Waals surface area contributed by atoms with E-state index in [9.17, 15) is 9.59 Å². The monoisotopic (exact) mass is 283 g/mol. The van der Waals surface area contributed by atoms with Gasteiger partial charge in [0.05, 0.1) is 13.2 Å². The van der Waals surface area contributed by atoms with Crippen LogP contribution < -0.4 is 5.69 Å². The third-order valence-electron chi connectivity index (χ3n) is 3.40. The average molecular weight is 283 g/mol. The Labute approximate surface area is 117 Å². The maximum atomic E-state index is 11.8. The van der Waals surface area contributed by atoms with Crippen molar-refractivity contribution in [3.63, 3.8) is 0 Å². The van der Waals surface area contributed by atoms with Crippen molar-refractivity contribution >= 4 is 5.91 Å². The molecule has 0 bridgehead atoms. The van der Waals surface area contributed by atoms with E-state index in [1.807, 2.05) is 11.9 Å². The van der Waals surface area contributed by atoms with Gasteiger partial charge in [-0.1, -0.05) is 0 Å². The smallest absolute Gasteiger partial charge is 0.340 e. The maximum Gasteiger partial charge on any atom is 0.340 e. The normalized spacial score (nSPS) is 19.2. The zero-order chi connectivity index (χ0) is 14.5. The van der Waals surface area contributed by atoms with Crippen LogP contribution in [0.25, 0.3) is 0 Å². The van der Waals surface area contributed by atoms with E-state index in [4.69, 9.17) is 4.74 Å². The van der Waals surface area contributed by atoms with Gasteiger partial charge in [-0.2, -0.15) is 5.10 Å². The number of aromatic nitrogens is 3. The van der Waals surface area contributed by atoms with E-state index in [0.717, 1.165) is 13.1 Å². The Balaban J connectivity index is 1.79. The van der Waals surface area contributed by atoms with Gasteiger partial charge < -0.3 is 9.64 Å². The van der Waals surface area contributed by atoms with Gasteiger partial charge in [0, 0.05) is 33.2 Å². The van der Waals surface area contributed by atoms with E-state index in [1.165, 1.54) is 0 Å². The Morgan fingerprint density at radius 1 is 1.50 bits per heavy atom. The first-order chi connectivity index (χ1) is 9.58. The van der Waals surface area contributed by atoms with Crippen molar-refractivity contribution in [3.05, 3.63) is 16.3 Å². The zero-order valence-electron chi connectivity index (χ0n) is 11.9. The van der Waals surface area contributed by atoms with E-state index < -0.39 is 0 Å². The molecule has 8 nitrogen and oxygen atoms in total. The summed E-state index contributed by atoms with van der Waals surface area (Å²) >= 11 is 0. The summed E-state index contributed by atoms with van der Waals surface area (Å²) < 4.78 is 5.00. The van der Waals surface area contributed by atoms with Crippen LogP contribution in [0, 0.1) is 5.92 Å². The lowest BCUT2D eigenvalue weighted by atomic mass is 10.1. The minimum Gasteiger partial charge on any atom is -0.383 e. The lowest BCUT2D eigenvalue weighted by Crippen LogP contribution is -2.31. The van der Waals surface area contributed by atoms with Gasteiger partial charge >= 0.3 is 5.69 Å². The number of nitrogens with one attached hydrogen (secondary N) is 2. The highest BCUT2D eigenvalue weighted by Crippen LogP contribution is 2.18. The third-order valence-corrected chi connectivity index (χ3v) is 3.40. The van der Waals surface area contributed by atoms with Gasteiger partial charge in [0.2, 0.25) is 5.91 Å². The molecule has 0 aromatic carbocycles.